The lowest BCUT2D eigenvalue weighted by Gasteiger charge is -2.17. The van der Waals surface area contributed by atoms with E-state index < -0.39 is 6.10 Å². The minimum Gasteiger partial charge on any atom is -0.464 e. The van der Waals surface area contributed by atoms with Gasteiger partial charge >= 0.3 is 5.97 Å². The van der Waals surface area contributed by atoms with E-state index in [1.165, 1.54) is 0 Å². The van der Waals surface area contributed by atoms with Crippen molar-refractivity contribution in [2.24, 2.45) is 0 Å². The number of ether oxygens (including phenoxy) is 2. The van der Waals surface area contributed by atoms with E-state index in [9.17, 15) is 4.79 Å². The molecule has 1 fully saturated rings. The monoisotopic (exact) mass is 220 g/mol. The molecule has 1 aliphatic rings. The number of carbonyl (C=O) groups excluding carboxylic acids is 1. The fourth-order valence-electron chi connectivity index (χ4n) is 2.09. The summed E-state index contributed by atoms with van der Waals surface area (Å²) in [5.41, 5.74) is 1.15. The summed E-state index contributed by atoms with van der Waals surface area (Å²) in [7, 11) is 0. The molecule has 1 saturated heterocycles. The van der Waals surface area contributed by atoms with Crippen LogP contribution >= 0.6 is 0 Å². The lowest BCUT2D eigenvalue weighted by atomic mass is 9.93. The van der Waals surface area contributed by atoms with Gasteiger partial charge in [-0.05, 0) is 18.9 Å². The predicted molar refractivity (Wildman–Crippen MR) is 60.2 cm³/mol. The maximum atomic E-state index is 11.7. The van der Waals surface area contributed by atoms with E-state index in [1.807, 2.05) is 37.3 Å². The van der Waals surface area contributed by atoms with Gasteiger partial charge in [0.15, 0.2) is 6.10 Å². The highest BCUT2D eigenvalue weighted by molar-refractivity contribution is 5.76. The Morgan fingerprint density at radius 3 is 2.88 bits per heavy atom. The Morgan fingerprint density at radius 2 is 2.19 bits per heavy atom. The molecule has 0 radical (unpaired) electrons. The van der Waals surface area contributed by atoms with Gasteiger partial charge in [-0.1, -0.05) is 30.3 Å². The second-order valence-electron chi connectivity index (χ2n) is 3.85. The maximum Gasteiger partial charge on any atom is 0.335 e. The average Bonchev–Trinajstić information content (AvgIpc) is 2.79. The summed E-state index contributed by atoms with van der Waals surface area (Å²) in [6.45, 7) is 2.84. The van der Waals surface area contributed by atoms with Crippen molar-refractivity contribution in [2.45, 2.75) is 25.4 Å². The second kappa shape index (κ2) is 5.12. The average molecular weight is 220 g/mol. The van der Waals surface area contributed by atoms with Crippen LogP contribution in [0.1, 0.15) is 24.8 Å². The Morgan fingerprint density at radius 1 is 1.44 bits per heavy atom. The molecular formula is C13H16O3. The van der Waals surface area contributed by atoms with Crippen molar-refractivity contribution < 1.29 is 14.3 Å². The van der Waals surface area contributed by atoms with E-state index in [0.29, 0.717) is 13.2 Å². The maximum absolute atomic E-state index is 11.7. The van der Waals surface area contributed by atoms with Gasteiger partial charge in [-0.15, -0.1) is 0 Å². The third kappa shape index (κ3) is 2.25. The van der Waals surface area contributed by atoms with E-state index in [1.54, 1.807) is 0 Å². The molecule has 0 amide bonds. The summed E-state index contributed by atoms with van der Waals surface area (Å²) in [4.78, 5) is 11.7. The molecule has 16 heavy (non-hydrogen) atoms. The van der Waals surface area contributed by atoms with Crippen LogP contribution in [0.25, 0.3) is 0 Å². The van der Waals surface area contributed by atoms with Crippen LogP contribution in [0.15, 0.2) is 30.3 Å². The van der Waals surface area contributed by atoms with E-state index in [2.05, 4.69) is 0 Å². The normalized spacial score (nSPS) is 24.3. The third-order valence-electron chi connectivity index (χ3n) is 2.84. The van der Waals surface area contributed by atoms with Crippen molar-refractivity contribution in [3.05, 3.63) is 35.9 Å². The molecule has 1 aromatic carbocycles. The van der Waals surface area contributed by atoms with Gasteiger partial charge < -0.3 is 9.47 Å². The minimum atomic E-state index is -0.428. The lowest BCUT2D eigenvalue weighted by molar-refractivity contribution is -0.154. The molecule has 0 spiro atoms. The summed E-state index contributed by atoms with van der Waals surface area (Å²) in [6.07, 6.45) is 0.454. The molecule has 0 aromatic heterocycles. The first-order valence-corrected chi connectivity index (χ1v) is 5.66. The standard InChI is InChI=1S/C13H16O3/c1-2-15-13(14)12-11(8-9-16-12)10-6-4-3-5-7-10/h3-7,11-12H,2,8-9H2,1H3/t11-,12-/m1/s1. The van der Waals surface area contributed by atoms with Crippen molar-refractivity contribution in [1.82, 2.24) is 0 Å². The number of hydrogen-bond donors (Lipinski definition) is 0. The second-order valence-corrected chi connectivity index (χ2v) is 3.85. The van der Waals surface area contributed by atoms with Gasteiger partial charge in [0.2, 0.25) is 0 Å². The minimum absolute atomic E-state index is 0.139. The molecule has 0 bridgehead atoms. The van der Waals surface area contributed by atoms with Crippen LogP contribution in [-0.2, 0) is 14.3 Å². The smallest absolute Gasteiger partial charge is 0.335 e. The van der Waals surface area contributed by atoms with E-state index >= 15 is 0 Å². The zero-order valence-corrected chi connectivity index (χ0v) is 9.39. The third-order valence-corrected chi connectivity index (χ3v) is 2.84. The van der Waals surface area contributed by atoms with Gasteiger partial charge in [0.05, 0.1) is 6.61 Å². The summed E-state index contributed by atoms with van der Waals surface area (Å²) >= 11 is 0. The van der Waals surface area contributed by atoms with Crippen LogP contribution < -0.4 is 0 Å². The summed E-state index contributed by atoms with van der Waals surface area (Å²) < 4.78 is 10.5. The Balaban J connectivity index is 2.12. The molecule has 2 rings (SSSR count). The highest BCUT2D eigenvalue weighted by atomic mass is 16.6. The number of benzene rings is 1. The van der Waals surface area contributed by atoms with Crippen LogP contribution in [0.2, 0.25) is 0 Å². The lowest BCUT2D eigenvalue weighted by Crippen LogP contribution is -2.27. The molecule has 1 heterocycles. The van der Waals surface area contributed by atoms with Gasteiger partial charge in [0, 0.05) is 12.5 Å². The fraction of sp³-hybridized carbons (Fsp3) is 0.462. The Hall–Kier alpha value is -1.35. The topological polar surface area (TPSA) is 35.5 Å². The quantitative estimate of drug-likeness (QED) is 0.732. The van der Waals surface area contributed by atoms with E-state index in [0.717, 1.165) is 12.0 Å². The molecule has 2 atom stereocenters. The number of carbonyl (C=O) groups is 1. The molecule has 3 heteroatoms. The highest BCUT2D eigenvalue weighted by Gasteiger charge is 2.36. The molecule has 86 valence electrons. The number of hydrogen-bond acceptors (Lipinski definition) is 3. The van der Waals surface area contributed by atoms with Crippen LogP contribution in [-0.4, -0.2) is 25.3 Å². The van der Waals surface area contributed by atoms with Gasteiger partial charge in [-0.25, -0.2) is 4.79 Å². The first-order valence-electron chi connectivity index (χ1n) is 5.66. The van der Waals surface area contributed by atoms with E-state index in [-0.39, 0.29) is 11.9 Å². The molecular weight excluding hydrogens is 204 g/mol. The van der Waals surface area contributed by atoms with Crippen LogP contribution in [0.4, 0.5) is 0 Å². The molecule has 0 N–H and O–H groups in total. The van der Waals surface area contributed by atoms with Crippen LogP contribution in [0.3, 0.4) is 0 Å². The van der Waals surface area contributed by atoms with Gasteiger partial charge in [0.25, 0.3) is 0 Å². The summed E-state index contributed by atoms with van der Waals surface area (Å²) in [6, 6.07) is 10.0. The van der Waals surface area contributed by atoms with Gasteiger partial charge in [-0.3, -0.25) is 0 Å². The van der Waals surface area contributed by atoms with E-state index in [4.69, 9.17) is 9.47 Å². The molecule has 0 unspecified atom stereocenters. The largest absolute Gasteiger partial charge is 0.464 e. The highest BCUT2D eigenvalue weighted by Crippen LogP contribution is 2.31. The Labute approximate surface area is 95.4 Å². The summed E-state index contributed by atoms with van der Waals surface area (Å²) in [5, 5.41) is 0. The first-order chi connectivity index (χ1) is 7.83. The van der Waals surface area contributed by atoms with Crippen LogP contribution in [0.5, 0.6) is 0 Å². The van der Waals surface area contributed by atoms with Crippen LogP contribution in [0, 0.1) is 0 Å². The SMILES string of the molecule is CCOC(=O)[C@@H]1OCC[C@@H]1c1ccccc1. The number of rotatable bonds is 3. The van der Waals surface area contributed by atoms with Gasteiger partial charge in [0.1, 0.15) is 0 Å². The number of esters is 1. The fourth-order valence-corrected chi connectivity index (χ4v) is 2.09. The van der Waals surface area contributed by atoms with Crippen molar-refractivity contribution in [3.63, 3.8) is 0 Å². The molecule has 0 aliphatic carbocycles. The van der Waals surface area contributed by atoms with Gasteiger partial charge in [-0.2, -0.15) is 0 Å². The van der Waals surface area contributed by atoms with Crippen molar-refractivity contribution in [1.29, 1.82) is 0 Å². The Bertz CT molecular complexity index is 347. The predicted octanol–water partition coefficient (Wildman–Crippen LogP) is 2.12. The Kier molecular flexibility index (Phi) is 3.57. The first kappa shape index (κ1) is 11.1. The molecule has 1 aromatic rings. The zero-order chi connectivity index (χ0) is 11.4. The summed E-state index contributed by atoms with van der Waals surface area (Å²) in [5.74, 6) is -0.103. The van der Waals surface area contributed by atoms with Crippen molar-refractivity contribution >= 4 is 5.97 Å². The molecule has 1 aliphatic heterocycles. The van der Waals surface area contributed by atoms with Crippen molar-refractivity contribution in [2.75, 3.05) is 13.2 Å². The molecule has 3 nitrogen and oxygen atoms in total. The zero-order valence-electron chi connectivity index (χ0n) is 9.39. The molecule has 0 saturated carbocycles. The van der Waals surface area contributed by atoms with Crippen molar-refractivity contribution in [3.8, 4) is 0 Å².